The number of alkyl halides is 1. The van der Waals surface area contributed by atoms with Crippen LogP contribution in [0.1, 0.15) is 56.6 Å². The van der Waals surface area contributed by atoms with Crippen LogP contribution in [0.3, 0.4) is 0 Å². The van der Waals surface area contributed by atoms with Crippen LogP contribution < -0.4 is 0 Å². The van der Waals surface area contributed by atoms with Gasteiger partial charge in [-0.3, -0.25) is 0 Å². The number of phenols is 2. The van der Waals surface area contributed by atoms with Crippen LogP contribution in [0.15, 0.2) is 35.9 Å². The second kappa shape index (κ2) is 7.67. The molecule has 1 aliphatic rings. The standard InChI is InChI=1S/C20H27FO2/c1-4-5-6-7-14-10-18(22)20(19(23)11-14)17-9-15(12-21)8-16(17)13(2)3/h9-11,16-17,22-23H,2,4-8,12H2,1,3H3/t16-,17+/m0/s1. The van der Waals surface area contributed by atoms with E-state index in [-0.39, 0.29) is 23.3 Å². The number of unbranched alkanes of at least 4 members (excludes halogenated alkanes) is 2. The maximum absolute atomic E-state index is 13.0. The van der Waals surface area contributed by atoms with Crippen molar-refractivity contribution in [3.05, 3.63) is 47.1 Å². The maximum atomic E-state index is 13.0. The molecule has 0 spiro atoms. The van der Waals surface area contributed by atoms with E-state index in [1.165, 1.54) is 0 Å². The van der Waals surface area contributed by atoms with Crippen molar-refractivity contribution < 1.29 is 14.6 Å². The van der Waals surface area contributed by atoms with E-state index in [1.807, 2.05) is 13.0 Å². The molecule has 0 bridgehead atoms. The molecule has 0 unspecified atom stereocenters. The van der Waals surface area contributed by atoms with Crippen LogP contribution in [0.2, 0.25) is 0 Å². The van der Waals surface area contributed by atoms with Gasteiger partial charge in [-0.05, 0) is 55.4 Å². The van der Waals surface area contributed by atoms with Crippen LogP contribution in [0.4, 0.5) is 4.39 Å². The molecular weight excluding hydrogens is 291 g/mol. The molecule has 0 amide bonds. The molecule has 3 heteroatoms. The first-order valence-corrected chi connectivity index (χ1v) is 8.43. The molecule has 1 aliphatic carbocycles. The molecule has 23 heavy (non-hydrogen) atoms. The van der Waals surface area contributed by atoms with Crippen LogP contribution in [0.5, 0.6) is 11.5 Å². The van der Waals surface area contributed by atoms with E-state index in [0.717, 1.165) is 36.8 Å². The van der Waals surface area contributed by atoms with Crippen molar-refractivity contribution in [2.75, 3.05) is 6.67 Å². The Balaban J connectivity index is 2.31. The van der Waals surface area contributed by atoms with Gasteiger partial charge in [-0.2, -0.15) is 0 Å². The lowest BCUT2D eigenvalue weighted by molar-refractivity contribution is 0.422. The van der Waals surface area contributed by atoms with Gasteiger partial charge in [-0.25, -0.2) is 4.39 Å². The average molecular weight is 318 g/mol. The van der Waals surface area contributed by atoms with E-state index < -0.39 is 6.67 Å². The zero-order valence-electron chi connectivity index (χ0n) is 14.1. The van der Waals surface area contributed by atoms with Crippen molar-refractivity contribution in [3.63, 3.8) is 0 Å². The summed E-state index contributed by atoms with van der Waals surface area (Å²) in [7, 11) is 0. The van der Waals surface area contributed by atoms with Crippen molar-refractivity contribution in [2.24, 2.45) is 5.92 Å². The second-order valence-corrected chi connectivity index (χ2v) is 6.65. The van der Waals surface area contributed by atoms with Crippen LogP contribution in [-0.4, -0.2) is 16.9 Å². The summed E-state index contributed by atoms with van der Waals surface area (Å²) in [6.45, 7) is 7.56. The van der Waals surface area contributed by atoms with E-state index in [1.54, 1.807) is 12.1 Å². The highest BCUT2D eigenvalue weighted by Crippen LogP contribution is 2.48. The Hall–Kier alpha value is -1.77. The maximum Gasteiger partial charge on any atom is 0.123 e. The summed E-state index contributed by atoms with van der Waals surface area (Å²) in [6.07, 6.45) is 6.59. The fourth-order valence-corrected chi connectivity index (χ4v) is 3.46. The Morgan fingerprint density at radius 1 is 1.26 bits per heavy atom. The summed E-state index contributed by atoms with van der Waals surface area (Å²) in [5.41, 5.74) is 3.10. The Morgan fingerprint density at radius 3 is 2.43 bits per heavy atom. The minimum absolute atomic E-state index is 0.0310. The summed E-state index contributed by atoms with van der Waals surface area (Å²) < 4.78 is 13.0. The molecule has 2 rings (SSSR count). The number of rotatable bonds is 7. The minimum atomic E-state index is -0.489. The third kappa shape index (κ3) is 3.95. The van der Waals surface area contributed by atoms with Gasteiger partial charge in [0.2, 0.25) is 0 Å². The van der Waals surface area contributed by atoms with Gasteiger partial charge in [0.05, 0.1) is 0 Å². The molecule has 1 aromatic carbocycles. The monoisotopic (exact) mass is 318 g/mol. The molecular formula is C20H27FO2. The van der Waals surface area contributed by atoms with Crippen molar-refractivity contribution in [3.8, 4) is 11.5 Å². The van der Waals surface area contributed by atoms with Crippen LogP contribution in [0, 0.1) is 5.92 Å². The van der Waals surface area contributed by atoms with Gasteiger partial charge in [0.25, 0.3) is 0 Å². The molecule has 0 fully saturated rings. The molecule has 126 valence electrons. The van der Waals surface area contributed by atoms with Gasteiger partial charge >= 0.3 is 0 Å². The van der Waals surface area contributed by atoms with E-state index in [9.17, 15) is 14.6 Å². The van der Waals surface area contributed by atoms with Crippen LogP contribution >= 0.6 is 0 Å². The third-order valence-corrected chi connectivity index (χ3v) is 4.73. The first kappa shape index (κ1) is 17.6. The van der Waals surface area contributed by atoms with Crippen molar-refractivity contribution in [2.45, 2.75) is 51.9 Å². The zero-order chi connectivity index (χ0) is 17.0. The lowest BCUT2D eigenvalue weighted by Crippen LogP contribution is -2.08. The smallest absolute Gasteiger partial charge is 0.123 e. The van der Waals surface area contributed by atoms with Crippen LogP contribution in [0.25, 0.3) is 0 Å². The zero-order valence-corrected chi connectivity index (χ0v) is 14.1. The number of aromatic hydroxyl groups is 2. The number of hydrogen-bond donors (Lipinski definition) is 2. The van der Waals surface area contributed by atoms with Crippen LogP contribution in [-0.2, 0) is 6.42 Å². The van der Waals surface area contributed by atoms with Gasteiger partial charge in [0.1, 0.15) is 18.2 Å². The summed E-state index contributed by atoms with van der Waals surface area (Å²) in [4.78, 5) is 0. The predicted molar refractivity (Wildman–Crippen MR) is 92.7 cm³/mol. The van der Waals surface area contributed by atoms with Gasteiger partial charge < -0.3 is 10.2 Å². The Labute approximate surface area is 138 Å². The van der Waals surface area contributed by atoms with E-state index in [0.29, 0.717) is 17.6 Å². The van der Waals surface area contributed by atoms with Crippen molar-refractivity contribution >= 4 is 0 Å². The average Bonchev–Trinajstić information content (AvgIpc) is 2.91. The molecule has 2 N–H and O–H groups in total. The van der Waals surface area contributed by atoms with Crippen molar-refractivity contribution in [1.29, 1.82) is 0 Å². The van der Waals surface area contributed by atoms with E-state index in [2.05, 4.69) is 13.5 Å². The van der Waals surface area contributed by atoms with E-state index in [4.69, 9.17) is 0 Å². The highest BCUT2D eigenvalue weighted by atomic mass is 19.1. The number of benzene rings is 1. The number of hydrogen-bond acceptors (Lipinski definition) is 2. The molecule has 0 saturated heterocycles. The Kier molecular flexibility index (Phi) is 5.86. The first-order chi connectivity index (χ1) is 11.0. The van der Waals surface area contributed by atoms with Gasteiger partial charge in [-0.15, -0.1) is 0 Å². The topological polar surface area (TPSA) is 40.5 Å². The number of aryl methyl sites for hydroxylation is 1. The SMILES string of the molecule is C=C(C)[C@@H]1CC(CF)=C[C@H]1c1c(O)cc(CCCCC)cc1O. The molecule has 0 aliphatic heterocycles. The lowest BCUT2D eigenvalue weighted by atomic mass is 9.83. The molecule has 0 radical (unpaired) electrons. The molecule has 0 saturated carbocycles. The van der Waals surface area contributed by atoms with Crippen molar-refractivity contribution in [1.82, 2.24) is 0 Å². The lowest BCUT2D eigenvalue weighted by Gasteiger charge is -2.22. The number of phenolic OH excluding ortho intramolecular Hbond substituents is 2. The number of halogens is 1. The van der Waals surface area contributed by atoms with Gasteiger partial charge in [0, 0.05) is 11.5 Å². The van der Waals surface area contributed by atoms with E-state index >= 15 is 0 Å². The quantitative estimate of drug-likeness (QED) is 0.521. The summed E-state index contributed by atoms with van der Waals surface area (Å²) >= 11 is 0. The minimum Gasteiger partial charge on any atom is -0.507 e. The normalized spacial score (nSPS) is 20.6. The van der Waals surface area contributed by atoms with Gasteiger partial charge in [-0.1, -0.05) is 38.0 Å². The number of allylic oxidation sites excluding steroid dienone is 3. The molecule has 2 nitrogen and oxygen atoms in total. The molecule has 0 aromatic heterocycles. The summed E-state index contributed by atoms with van der Waals surface area (Å²) in [5, 5.41) is 20.9. The molecule has 0 heterocycles. The second-order valence-electron chi connectivity index (χ2n) is 6.65. The largest absolute Gasteiger partial charge is 0.507 e. The first-order valence-electron chi connectivity index (χ1n) is 8.43. The highest BCUT2D eigenvalue weighted by molar-refractivity contribution is 5.52. The Morgan fingerprint density at radius 2 is 1.91 bits per heavy atom. The molecule has 1 aromatic rings. The third-order valence-electron chi connectivity index (χ3n) is 4.73. The summed E-state index contributed by atoms with van der Waals surface area (Å²) in [5.74, 6) is 0.0275. The highest BCUT2D eigenvalue weighted by Gasteiger charge is 2.32. The molecule has 2 atom stereocenters. The predicted octanol–water partition coefficient (Wildman–Crippen LogP) is 5.41. The fraction of sp³-hybridized carbons (Fsp3) is 0.500. The summed E-state index contributed by atoms with van der Waals surface area (Å²) in [6, 6.07) is 3.48. The fourth-order valence-electron chi connectivity index (χ4n) is 3.46. The van der Waals surface area contributed by atoms with Gasteiger partial charge in [0.15, 0.2) is 0 Å². The Bertz CT molecular complexity index is 581.